The van der Waals surface area contributed by atoms with Crippen LogP contribution >= 0.6 is 15.9 Å². The summed E-state index contributed by atoms with van der Waals surface area (Å²) in [7, 11) is 0. The third kappa shape index (κ3) is 2.80. The van der Waals surface area contributed by atoms with E-state index in [2.05, 4.69) is 15.9 Å². The van der Waals surface area contributed by atoms with Crippen LogP contribution in [0.15, 0.2) is 24.3 Å². The molecule has 114 valence electrons. The summed E-state index contributed by atoms with van der Waals surface area (Å²) in [4.78, 5) is 11.0. The van der Waals surface area contributed by atoms with Crippen molar-refractivity contribution in [3.05, 3.63) is 34.4 Å². The van der Waals surface area contributed by atoms with Crippen molar-refractivity contribution in [1.82, 2.24) is 0 Å². The zero-order chi connectivity index (χ0) is 14.9. The second-order valence-electron chi connectivity index (χ2n) is 6.21. The highest BCUT2D eigenvalue weighted by Crippen LogP contribution is 2.55. The van der Waals surface area contributed by atoms with Gasteiger partial charge in [0.25, 0.3) is 5.69 Å². The van der Waals surface area contributed by atoms with Gasteiger partial charge in [-0.05, 0) is 25.3 Å². The van der Waals surface area contributed by atoms with Crippen molar-refractivity contribution >= 4 is 21.6 Å². The molecule has 0 N–H and O–H groups in total. The van der Waals surface area contributed by atoms with Gasteiger partial charge in [-0.1, -0.05) is 47.7 Å². The third-order valence-electron chi connectivity index (χ3n) is 5.03. The molecule has 2 unspecified atom stereocenters. The summed E-state index contributed by atoms with van der Waals surface area (Å²) in [5.74, 6) is 0.622. The molecular formula is C16H20BrNO3. The van der Waals surface area contributed by atoms with Gasteiger partial charge in [0.05, 0.1) is 11.0 Å². The molecule has 21 heavy (non-hydrogen) atoms. The lowest BCUT2D eigenvalue weighted by Crippen LogP contribution is -2.56. The summed E-state index contributed by atoms with van der Waals surface area (Å²) in [5, 5.41) is 10.9. The summed E-state index contributed by atoms with van der Waals surface area (Å²) in [6, 6.07) is 6.55. The number of nitro groups is 1. The largest absolute Gasteiger partial charge is 0.490 e. The molecule has 2 saturated carbocycles. The number of benzene rings is 1. The van der Waals surface area contributed by atoms with Crippen LogP contribution in [0.2, 0.25) is 0 Å². The quantitative estimate of drug-likeness (QED) is 0.443. The van der Waals surface area contributed by atoms with Gasteiger partial charge in [-0.2, -0.15) is 0 Å². The van der Waals surface area contributed by atoms with E-state index in [1.807, 2.05) is 6.07 Å². The van der Waals surface area contributed by atoms with Crippen molar-refractivity contribution in [2.24, 2.45) is 5.41 Å². The normalized spacial score (nSPS) is 27.7. The molecule has 0 saturated heterocycles. The van der Waals surface area contributed by atoms with Crippen LogP contribution in [0.5, 0.6) is 5.75 Å². The van der Waals surface area contributed by atoms with E-state index in [1.54, 1.807) is 6.07 Å². The number of rotatable bonds is 3. The van der Waals surface area contributed by atoms with Gasteiger partial charge in [-0.25, -0.2) is 0 Å². The maximum absolute atomic E-state index is 10.9. The summed E-state index contributed by atoms with van der Waals surface area (Å²) in [6.45, 7) is 0. The Labute approximate surface area is 133 Å². The average Bonchev–Trinajstić information content (AvgIpc) is 2.75. The Hall–Kier alpha value is -1.10. The summed E-state index contributed by atoms with van der Waals surface area (Å²) in [5.41, 5.74) is 0.318. The summed E-state index contributed by atoms with van der Waals surface area (Å²) >= 11 is 3.82. The van der Waals surface area contributed by atoms with Gasteiger partial charge in [0.1, 0.15) is 11.9 Å². The number of hydrogen-bond acceptors (Lipinski definition) is 3. The molecule has 2 aliphatic carbocycles. The highest BCUT2D eigenvalue weighted by Gasteiger charge is 2.54. The molecule has 0 amide bonds. The highest BCUT2D eigenvalue weighted by atomic mass is 79.9. The molecule has 3 rings (SSSR count). The van der Waals surface area contributed by atoms with E-state index in [1.165, 1.54) is 50.7 Å². The fourth-order valence-corrected chi connectivity index (χ4v) is 4.81. The molecule has 0 bridgehead atoms. The molecule has 0 heterocycles. The summed E-state index contributed by atoms with van der Waals surface area (Å²) in [6.07, 6.45) is 8.71. The van der Waals surface area contributed by atoms with Gasteiger partial charge in [0, 0.05) is 16.3 Å². The van der Waals surface area contributed by atoms with E-state index < -0.39 is 0 Å². The fourth-order valence-electron chi connectivity index (χ4n) is 3.72. The Kier molecular flexibility index (Phi) is 4.20. The van der Waals surface area contributed by atoms with Crippen LogP contribution in [0.25, 0.3) is 0 Å². The fraction of sp³-hybridized carbons (Fsp3) is 0.625. The predicted octanol–water partition coefficient (Wildman–Crippen LogP) is 4.85. The molecule has 0 aliphatic heterocycles. The van der Waals surface area contributed by atoms with E-state index >= 15 is 0 Å². The second kappa shape index (κ2) is 5.95. The lowest BCUT2D eigenvalue weighted by atomic mass is 9.61. The van der Waals surface area contributed by atoms with Crippen molar-refractivity contribution in [2.45, 2.75) is 55.9 Å². The number of nitrogens with zero attached hydrogens (tertiary/aromatic N) is 1. The first-order chi connectivity index (χ1) is 10.1. The monoisotopic (exact) mass is 353 g/mol. The highest BCUT2D eigenvalue weighted by molar-refractivity contribution is 9.09. The smallest absolute Gasteiger partial charge is 0.273 e. The zero-order valence-electron chi connectivity index (χ0n) is 12.0. The minimum absolute atomic E-state index is 0.0946. The van der Waals surface area contributed by atoms with Crippen LogP contribution in [-0.4, -0.2) is 15.9 Å². The minimum Gasteiger partial charge on any atom is -0.490 e. The van der Waals surface area contributed by atoms with Gasteiger partial charge in [0.15, 0.2) is 0 Å². The predicted molar refractivity (Wildman–Crippen MR) is 85.0 cm³/mol. The molecule has 2 fully saturated rings. The van der Waals surface area contributed by atoms with Crippen LogP contribution < -0.4 is 4.74 Å². The molecule has 4 nitrogen and oxygen atoms in total. The molecular weight excluding hydrogens is 334 g/mol. The molecule has 5 heteroatoms. The molecule has 0 radical (unpaired) electrons. The Balaban J connectivity index is 1.75. The van der Waals surface area contributed by atoms with Crippen molar-refractivity contribution < 1.29 is 9.66 Å². The van der Waals surface area contributed by atoms with Gasteiger partial charge >= 0.3 is 0 Å². The van der Waals surface area contributed by atoms with Gasteiger partial charge in [-0.15, -0.1) is 0 Å². The zero-order valence-corrected chi connectivity index (χ0v) is 13.5. The first kappa shape index (κ1) is 14.8. The van der Waals surface area contributed by atoms with Crippen LogP contribution in [0.3, 0.4) is 0 Å². The molecule has 1 aromatic carbocycles. The SMILES string of the molecule is O=[N+]([O-])c1cccc(OC2CC(Br)C23CCCCCC3)c1. The average molecular weight is 354 g/mol. The van der Waals surface area contributed by atoms with Gasteiger partial charge < -0.3 is 4.74 Å². The number of halogens is 1. The van der Waals surface area contributed by atoms with Crippen molar-refractivity contribution in [3.63, 3.8) is 0 Å². The van der Waals surface area contributed by atoms with Crippen LogP contribution in [0.1, 0.15) is 44.9 Å². The third-order valence-corrected chi connectivity index (χ3v) is 6.31. The van der Waals surface area contributed by atoms with Crippen LogP contribution in [-0.2, 0) is 0 Å². The maximum Gasteiger partial charge on any atom is 0.273 e. The first-order valence-electron chi connectivity index (χ1n) is 7.67. The standard InChI is InChI=1S/C16H20BrNO3/c17-14-11-15(16(14)8-3-1-2-4-9-16)21-13-7-5-6-12(10-13)18(19)20/h5-7,10,14-15H,1-4,8-9,11H2. The van der Waals surface area contributed by atoms with E-state index in [9.17, 15) is 10.1 Å². The second-order valence-corrected chi connectivity index (χ2v) is 7.32. The Morgan fingerprint density at radius 1 is 1.24 bits per heavy atom. The van der Waals surface area contributed by atoms with Crippen molar-refractivity contribution in [2.75, 3.05) is 0 Å². The topological polar surface area (TPSA) is 52.4 Å². The Bertz CT molecular complexity index is 526. The van der Waals surface area contributed by atoms with Gasteiger partial charge in [0.2, 0.25) is 0 Å². The maximum atomic E-state index is 10.9. The molecule has 2 atom stereocenters. The number of alkyl halides is 1. The number of nitro benzene ring substituents is 1. The first-order valence-corrected chi connectivity index (χ1v) is 8.58. The van der Waals surface area contributed by atoms with E-state index in [0.717, 1.165) is 6.42 Å². The van der Waals surface area contributed by atoms with Crippen molar-refractivity contribution in [3.8, 4) is 5.75 Å². The molecule has 0 aromatic heterocycles. The van der Waals surface area contributed by atoms with Crippen molar-refractivity contribution in [1.29, 1.82) is 0 Å². The molecule has 2 aliphatic rings. The van der Waals surface area contributed by atoms with E-state index in [-0.39, 0.29) is 22.1 Å². The van der Waals surface area contributed by atoms with Gasteiger partial charge in [-0.3, -0.25) is 10.1 Å². The van der Waals surface area contributed by atoms with E-state index in [0.29, 0.717) is 10.6 Å². The number of ether oxygens (including phenoxy) is 1. The number of non-ortho nitro benzene ring substituents is 1. The van der Waals surface area contributed by atoms with Crippen LogP contribution in [0.4, 0.5) is 5.69 Å². The lowest BCUT2D eigenvalue weighted by molar-refractivity contribution is -0.385. The lowest BCUT2D eigenvalue weighted by Gasteiger charge is -2.53. The summed E-state index contributed by atoms with van der Waals surface area (Å²) < 4.78 is 6.13. The Morgan fingerprint density at radius 2 is 1.95 bits per heavy atom. The van der Waals surface area contributed by atoms with E-state index in [4.69, 9.17) is 4.74 Å². The number of hydrogen-bond donors (Lipinski definition) is 0. The molecule has 1 spiro atoms. The minimum atomic E-state index is -0.373. The van der Waals surface area contributed by atoms with Crippen LogP contribution in [0, 0.1) is 15.5 Å². The molecule has 1 aromatic rings. The Morgan fingerprint density at radius 3 is 2.57 bits per heavy atom.